The molecule has 0 unspecified atom stereocenters. The molecule has 22 valence electrons. The van der Waals surface area contributed by atoms with Crippen molar-refractivity contribution in [1.29, 1.82) is 0 Å². The van der Waals surface area contributed by atoms with Gasteiger partial charge in [0.25, 0.3) is 0 Å². The Morgan fingerprint density at radius 3 is 1.20 bits per heavy atom. The Balaban J connectivity index is -0.00000000167. The van der Waals surface area contributed by atoms with E-state index in [-0.39, 0.29) is 66.6 Å². The van der Waals surface area contributed by atoms with E-state index in [0.717, 1.165) is 0 Å². The Morgan fingerprint density at radius 1 is 1.20 bits per heavy atom. The summed E-state index contributed by atoms with van der Waals surface area (Å²) in [5.41, 5.74) is 0. The summed E-state index contributed by atoms with van der Waals surface area (Å²) in [6.07, 6.45) is 0. The molecule has 0 fully saturated rings. The molecule has 0 aliphatic rings. The molecular weight excluding hydrogens is 408 g/mol. The van der Waals surface area contributed by atoms with Crippen LogP contribution in [0.5, 0.6) is 0 Å². The fraction of sp³-hybridized carbons (Fsp3) is 0. The Morgan fingerprint density at radius 2 is 1.20 bits per heavy atom. The van der Waals surface area contributed by atoms with Gasteiger partial charge in [-0.3, -0.25) is 0 Å². The molecule has 4 radical (unpaired) electrons. The van der Waals surface area contributed by atoms with E-state index in [2.05, 4.69) is 13.1 Å². The quantitative estimate of drug-likeness (QED) is 0.449. The summed E-state index contributed by atoms with van der Waals surface area (Å²) < 4.78 is 0. The molecule has 0 bridgehead atoms. The van der Waals surface area contributed by atoms with E-state index >= 15 is 0 Å². The largest absolute Gasteiger partial charge is 0 e. The van der Waals surface area contributed by atoms with Crippen molar-refractivity contribution in [3.63, 3.8) is 0 Å². The predicted octanol–water partition coefficient (Wildman–Crippen LogP) is -1.03. The first-order chi connectivity index (χ1) is 1.00. The second-order valence-corrected chi connectivity index (χ2v) is 0. The maximum atomic E-state index is 2.69. The van der Waals surface area contributed by atoms with Crippen molar-refractivity contribution in [1.82, 2.24) is 0 Å². The molecule has 0 heterocycles. The van der Waals surface area contributed by atoms with Crippen LogP contribution >= 0.6 is 13.5 Å². The normalized spacial score (nSPS) is 0.600. The second-order valence-electron chi connectivity index (χ2n) is 0. The fourth-order valence-electron chi connectivity index (χ4n) is 0. The molecule has 5 heavy (non-hydrogen) atoms. The van der Waals surface area contributed by atoms with E-state index < -0.39 is 0 Å². The van der Waals surface area contributed by atoms with E-state index in [1.165, 1.54) is 0 Å². The van der Waals surface area contributed by atoms with Crippen LogP contribution in [0.3, 0.4) is 0 Å². The van der Waals surface area contributed by atoms with E-state index in [4.69, 9.17) is 0 Å². The smallest absolute Gasteiger partial charge is 0 e. The van der Waals surface area contributed by atoms with Gasteiger partial charge >= 0.3 is 29.1 Å². The van der Waals surface area contributed by atoms with Gasteiger partial charge in [0, 0.05) is 53.1 Å². The minimum absolute atomic E-state index is 0. The van der Waals surface area contributed by atoms with Crippen molar-refractivity contribution in [3.8, 4) is 0 Å². The zero-order chi connectivity index (χ0) is 2.00. The first-order valence-electron chi connectivity index (χ1n) is 0.236. The standard InChI is InChI=1S/Cd.Ga.In.H2S.Se/h;;;1H2;. The second kappa shape index (κ2) is 26.6. The van der Waals surface area contributed by atoms with Crippen molar-refractivity contribution in [2.75, 3.05) is 0 Å². The fourth-order valence-corrected chi connectivity index (χ4v) is 0. The molecule has 0 aromatic rings. The molecule has 0 amide bonds. The van der Waals surface area contributed by atoms with Gasteiger partial charge in [0.15, 0.2) is 0 Å². The third-order valence-corrected chi connectivity index (χ3v) is 0. The van der Waals surface area contributed by atoms with Gasteiger partial charge < -0.3 is 0 Å². The van der Waals surface area contributed by atoms with Gasteiger partial charge in [-0.1, -0.05) is 0 Å². The molecule has 0 saturated carbocycles. The van der Waals surface area contributed by atoms with E-state index in [1.54, 1.807) is 16.0 Å². The van der Waals surface area contributed by atoms with Gasteiger partial charge in [0.2, 0.25) is 0 Å². The first-order valence-corrected chi connectivity index (χ1v) is 6.36. The van der Waals surface area contributed by atoms with E-state index in [1.807, 2.05) is 0 Å². The van der Waals surface area contributed by atoms with Gasteiger partial charge in [-0.2, -0.15) is 13.5 Å². The molecule has 0 rings (SSSR count). The molecule has 0 spiro atoms. The maximum absolute atomic E-state index is 2.69. The van der Waals surface area contributed by atoms with E-state index in [9.17, 15) is 0 Å². The first kappa shape index (κ1) is 23.9. The summed E-state index contributed by atoms with van der Waals surface area (Å²) in [4.78, 5) is 0. The Bertz CT molecular complexity index is 11.6. The van der Waals surface area contributed by atoms with Crippen LogP contribution in [-0.2, 0) is 27.3 Å². The summed E-state index contributed by atoms with van der Waals surface area (Å²) in [6, 6.07) is 0. The molecular formula is H2CdGaInSSe. The number of hydrogen-bond acceptors (Lipinski definition) is 0. The predicted molar refractivity (Wildman–Crippen MR) is 27.6 cm³/mol. The third-order valence-electron chi connectivity index (χ3n) is 0. The minimum Gasteiger partial charge on any atom is 0 e. The van der Waals surface area contributed by atoms with Crippen LogP contribution in [0, 0.1) is 0 Å². The monoisotopic (exact) mass is 412 g/mol. The molecule has 0 aliphatic heterocycles. The van der Waals surface area contributed by atoms with Crippen LogP contribution in [0.15, 0.2) is 0 Å². The average molecular weight is 410 g/mol. The van der Waals surface area contributed by atoms with Gasteiger partial charge in [-0.05, 0) is 0 Å². The van der Waals surface area contributed by atoms with Crippen LogP contribution in [0.4, 0.5) is 0 Å². The summed E-state index contributed by atoms with van der Waals surface area (Å²) >= 11 is 4.25. The van der Waals surface area contributed by atoms with Gasteiger partial charge in [-0.15, -0.1) is 0 Å². The van der Waals surface area contributed by atoms with Crippen LogP contribution < -0.4 is 0 Å². The van der Waals surface area contributed by atoms with Crippen molar-refractivity contribution < 1.29 is 27.3 Å². The van der Waals surface area contributed by atoms with Crippen LogP contribution in [0.25, 0.3) is 0 Å². The van der Waals surface area contributed by atoms with Crippen molar-refractivity contribution in [3.05, 3.63) is 0 Å². The molecule has 5 heteroatoms. The zero-order valence-electron chi connectivity index (χ0n) is 2.77. The Hall–Kier alpha value is 3.30. The topological polar surface area (TPSA) is 0 Å². The van der Waals surface area contributed by atoms with Crippen LogP contribution in [-0.4, -0.2) is 55.0 Å². The zero-order valence-corrected chi connectivity index (χ0v) is 15.2. The minimum atomic E-state index is 0. The summed E-state index contributed by atoms with van der Waals surface area (Å²) in [6.45, 7) is 0. The maximum Gasteiger partial charge on any atom is 0 e. The molecule has 0 saturated heterocycles. The van der Waals surface area contributed by atoms with Crippen molar-refractivity contribution in [2.45, 2.75) is 0 Å². The molecule has 0 aromatic carbocycles. The molecule has 0 aromatic heterocycles. The summed E-state index contributed by atoms with van der Waals surface area (Å²) in [7, 11) is 0. The van der Waals surface area contributed by atoms with Crippen molar-refractivity contribution >= 4 is 68.5 Å². The van der Waals surface area contributed by atoms with Crippen molar-refractivity contribution in [2.24, 2.45) is 0 Å². The summed E-state index contributed by atoms with van der Waals surface area (Å²) in [5.74, 6) is 0. The van der Waals surface area contributed by atoms with Gasteiger partial charge in [-0.25, -0.2) is 0 Å². The SMILES string of the molecule is S.[Cd].[Ga]=[Se].[In]. The summed E-state index contributed by atoms with van der Waals surface area (Å²) in [5, 5.41) is 0. The number of rotatable bonds is 0. The van der Waals surface area contributed by atoms with E-state index in [0.29, 0.717) is 0 Å². The third kappa shape index (κ3) is 18.8. The molecule has 0 N–H and O–H groups in total. The molecule has 0 aliphatic carbocycles. The number of hydrogen-bond donors (Lipinski definition) is 0. The molecule has 0 atom stereocenters. The van der Waals surface area contributed by atoms with Gasteiger partial charge in [0.05, 0.1) is 0 Å². The van der Waals surface area contributed by atoms with Crippen LogP contribution in [0.2, 0.25) is 0 Å². The van der Waals surface area contributed by atoms with Gasteiger partial charge in [0.1, 0.15) is 0 Å². The Labute approximate surface area is 93.8 Å². The van der Waals surface area contributed by atoms with Crippen LogP contribution in [0.1, 0.15) is 0 Å². The Kier molecular flexibility index (Phi) is 127. The molecule has 0 nitrogen and oxygen atoms in total. The average Bonchev–Trinajstić information content (AvgIpc) is 1.00.